The molecule has 4 rings (SSSR count). The lowest BCUT2D eigenvalue weighted by molar-refractivity contribution is -0.134. The van der Waals surface area contributed by atoms with Crippen LogP contribution in [0.25, 0.3) is 10.9 Å². The molecule has 0 saturated heterocycles. The summed E-state index contributed by atoms with van der Waals surface area (Å²) in [6.45, 7) is 5.69. The van der Waals surface area contributed by atoms with Crippen molar-refractivity contribution in [3.8, 4) is 11.5 Å². The van der Waals surface area contributed by atoms with Crippen molar-refractivity contribution in [2.24, 2.45) is 0 Å². The van der Waals surface area contributed by atoms with Crippen molar-refractivity contribution in [2.45, 2.75) is 33.0 Å². The molecular weight excluding hydrogens is 458 g/mol. The van der Waals surface area contributed by atoms with E-state index in [-0.39, 0.29) is 19.1 Å². The van der Waals surface area contributed by atoms with Crippen LogP contribution in [0.4, 0.5) is 11.5 Å². The number of carbonyl (C=O) groups excluding carboxylic acids is 1. The van der Waals surface area contributed by atoms with E-state index >= 15 is 0 Å². The van der Waals surface area contributed by atoms with E-state index in [0.717, 1.165) is 22.7 Å². The fourth-order valence-electron chi connectivity index (χ4n) is 3.62. The molecule has 186 valence electrons. The summed E-state index contributed by atoms with van der Waals surface area (Å²) in [7, 11) is 0. The lowest BCUT2D eigenvalue weighted by Gasteiger charge is -2.26. The van der Waals surface area contributed by atoms with Gasteiger partial charge in [0.1, 0.15) is 30.3 Å². The van der Waals surface area contributed by atoms with Crippen LogP contribution in [0.2, 0.25) is 0 Å². The summed E-state index contributed by atoms with van der Waals surface area (Å²) < 4.78 is 12.1. The topological polar surface area (TPSA) is 118 Å². The Hall–Kier alpha value is -4.24. The van der Waals surface area contributed by atoms with Crippen LogP contribution in [0.1, 0.15) is 25.1 Å². The van der Waals surface area contributed by atoms with Gasteiger partial charge in [-0.15, -0.1) is 0 Å². The van der Waals surface area contributed by atoms with Crippen molar-refractivity contribution >= 4 is 28.3 Å². The first-order valence-corrected chi connectivity index (χ1v) is 11.6. The first-order chi connectivity index (χ1) is 17.4. The third kappa shape index (κ3) is 5.87. The second-order valence-corrected chi connectivity index (χ2v) is 8.68. The second-order valence-electron chi connectivity index (χ2n) is 8.68. The zero-order chi connectivity index (χ0) is 25.5. The van der Waals surface area contributed by atoms with Crippen molar-refractivity contribution in [3.63, 3.8) is 0 Å². The monoisotopic (exact) mass is 487 g/mol. The van der Waals surface area contributed by atoms with Crippen LogP contribution < -0.4 is 20.1 Å². The number of pyridine rings is 1. The van der Waals surface area contributed by atoms with Crippen LogP contribution in [-0.2, 0) is 11.4 Å². The molecule has 0 fully saturated rings. The van der Waals surface area contributed by atoms with Crippen LogP contribution >= 0.6 is 0 Å². The van der Waals surface area contributed by atoms with Crippen molar-refractivity contribution in [3.05, 3.63) is 78.4 Å². The van der Waals surface area contributed by atoms with E-state index in [1.807, 2.05) is 55.5 Å². The number of hydrogen-bond donors (Lipinski definition) is 3. The Morgan fingerprint density at radius 3 is 2.64 bits per heavy atom. The molecule has 2 heterocycles. The van der Waals surface area contributed by atoms with Gasteiger partial charge in [0.05, 0.1) is 23.2 Å². The highest BCUT2D eigenvalue weighted by Crippen LogP contribution is 2.34. The summed E-state index contributed by atoms with van der Waals surface area (Å²) in [5, 5.41) is 15.7. The Morgan fingerprint density at radius 1 is 1.03 bits per heavy atom. The Morgan fingerprint density at radius 2 is 1.89 bits per heavy atom. The van der Waals surface area contributed by atoms with Gasteiger partial charge in [0.25, 0.3) is 5.91 Å². The maximum Gasteiger partial charge on any atom is 0.263 e. The molecule has 0 bridgehead atoms. The van der Waals surface area contributed by atoms with Crippen LogP contribution in [0.15, 0.2) is 67.1 Å². The molecule has 4 aromatic rings. The summed E-state index contributed by atoms with van der Waals surface area (Å²) in [6.07, 6.45) is 3.22. The Balaban J connectivity index is 1.57. The number of anilines is 2. The highest BCUT2D eigenvalue weighted by Gasteiger charge is 2.30. The van der Waals surface area contributed by atoms with Gasteiger partial charge in [0.2, 0.25) is 0 Å². The number of ether oxygens (including phenoxy) is 2. The van der Waals surface area contributed by atoms with E-state index in [9.17, 15) is 4.79 Å². The first-order valence-electron chi connectivity index (χ1n) is 11.6. The quantitative estimate of drug-likeness (QED) is 0.308. The van der Waals surface area contributed by atoms with Crippen molar-refractivity contribution in [1.82, 2.24) is 20.3 Å². The summed E-state index contributed by atoms with van der Waals surface area (Å²) in [6, 6.07) is 16.9. The van der Waals surface area contributed by atoms with Gasteiger partial charge in [-0.05, 0) is 68.8 Å². The van der Waals surface area contributed by atoms with Gasteiger partial charge < -0.3 is 25.2 Å². The van der Waals surface area contributed by atoms with E-state index < -0.39 is 5.60 Å². The van der Waals surface area contributed by atoms with Crippen LogP contribution in [0, 0.1) is 6.92 Å². The fraction of sp³-hybridized carbons (Fsp3) is 0.259. The van der Waals surface area contributed by atoms with Gasteiger partial charge in [-0.2, -0.15) is 0 Å². The van der Waals surface area contributed by atoms with Crippen molar-refractivity contribution in [2.75, 3.05) is 18.5 Å². The molecule has 0 aliphatic rings. The van der Waals surface area contributed by atoms with Gasteiger partial charge in [-0.3, -0.25) is 9.78 Å². The SMILES string of the molecule is Cc1cc(Nc2ncnc3cccc(OC(C)(C)C(=O)NCCO)c23)ccc1OCc1ccccn1. The highest BCUT2D eigenvalue weighted by atomic mass is 16.5. The van der Waals surface area contributed by atoms with E-state index in [1.165, 1.54) is 6.33 Å². The smallest absolute Gasteiger partial charge is 0.263 e. The molecule has 3 N–H and O–H groups in total. The number of rotatable bonds is 10. The molecule has 0 radical (unpaired) electrons. The molecule has 0 aliphatic heterocycles. The van der Waals surface area contributed by atoms with Crippen LogP contribution in [0.3, 0.4) is 0 Å². The molecule has 36 heavy (non-hydrogen) atoms. The second kappa shape index (κ2) is 11.0. The molecule has 2 aromatic carbocycles. The van der Waals surface area contributed by atoms with Gasteiger partial charge in [-0.1, -0.05) is 12.1 Å². The molecule has 0 spiro atoms. The minimum Gasteiger partial charge on any atom is -0.487 e. The minimum atomic E-state index is -1.18. The summed E-state index contributed by atoms with van der Waals surface area (Å²) in [4.78, 5) is 25.6. The predicted molar refractivity (Wildman–Crippen MR) is 137 cm³/mol. The van der Waals surface area contributed by atoms with Crippen LogP contribution in [-0.4, -0.2) is 44.7 Å². The number of hydrogen-bond acceptors (Lipinski definition) is 8. The number of aliphatic hydroxyl groups is 1. The van der Waals surface area contributed by atoms with E-state index in [0.29, 0.717) is 29.1 Å². The molecule has 1 amide bonds. The zero-order valence-electron chi connectivity index (χ0n) is 20.5. The van der Waals surface area contributed by atoms with Gasteiger partial charge in [0.15, 0.2) is 5.60 Å². The number of benzene rings is 2. The number of carbonyl (C=O) groups is 1. The number of nitrogens with zero attached hydrogens (tertiary/aromatic N) is 3. The zero-order valence-corrected chi connectivity index (χ0v) is 20.5. The number of aryl methyl sites for hydroxylation is 1. The normalized spacial score (nSPS) is 11.2. The third-order valence-corrected chi connectivity index (χ3v) is 5.47. The van der Waals surface area contributed by atoms with E-state index in [4.69, 9.17) is 14.6 Å². The summed E-state index contributed by atoms with van der Waals surface area (Å²) in [5.74, 6) is 1.44. The Bertz CT molecular complexity index is 1340. The van der Waals surface area contributed by atoms with E-state index in [1.54, 1.807) is 26.1 Å². The Kier molecular flexibility index (Phi) is 7.60. The highest BCUT2D eigenvalue weighted by molar-refractivity contribution is 5.96. The molecule has 0 unspecified atom stereocenters. The maximum atomic E-state index is 12.5. The molecular formula is C27H29N5O4. The average molecular weight is 488 g/mol. The molecule has 9 heteroatoms. The van der Waals surface area contributed by atoms with Gasteiger partial charge in [-0.25, -0.2) is 9.97 Å². The molecule has 0 atom stereocenters. The van der Waals surface area contributed by atoms with Crippen LogP contribution in [0.5, 0.6) is 11.5 Å². The lowest BCUT2D eigenvalue weighted by atomic mass is 10.1. The number of nitrogens with one attached hydrogen (secondary N) is 2. The largest absolute Gasteiger partial charge is 0.487 e. The number of aromatic nitrogens is 3. The fourth-order valence-corrected chi connectivity index (χ4v) is 3.62. The predicted octanol–water partition coefficient (Wildman–Crippen LogP) is 3.92. The standard InChI is InChI=1S/C27H29N5O4/c1-18-15-19(10-11-22(18)35-16-20-7-4-5-12-28-20)32-25-24-21(30-17-31-25)8-6-9-23(24)36-27(2,3)26(34)29-13-14-33/h4-12,15,17,33H,13-14,16H2,1-3H3,(H,29,34)(H,30,31,32). The number of aliphatic hydroxyl groups excluding tert-OH is 1. The molecule has 2 aromatic heterocycles. The van der Waals surface area contributed by atoms with Crippen molar-refractivity contribution in [1.29, 1.82) is 0 Å². The minimum absolute atomic E-state index is 0.148. The molecule has 0 aliphatic carbocycles. The van der Waals surface area contributed by atoms with Crippen molar-refractivity contribution < 1.29 is 19.4 Å². The average Bonchev–Trinajstić information content (AvgIpc) is 2.87. The first kappa shape index (κ1) is 24.9. The third-order valence-electron chi connectivity index (χ3n) is 5.47. The van der Waals surface area contributed by atoms with Gasteiger partial charge in [0, 0.05) is 18.4 Å². The number of fused-ring (bicyclic) bond motifs is 1. The van der Waals surface area contributed by atoms with E-state index in [2.05, 4.69) is 25.6 Å². The summed E-state index contributed by atoms with van der Waals surface area (Å²) >= 11 is 0. The molecule has 0 saturated carbocycles. The molecule has 9 nitrogen and oxygen atoms in total. The lowest BCUT2D eigenvalue weighted by Crippen LogP contribution is -2.47. The van der Waals surface area contributed by atoms with Gasteiger partial charge >= 0.3 is 0 Å². The number of amides is 1. The maximum absolute atomic E-state index is 12.5. The Labute approximate surface area is 209 Å². The summed E-state index contributed by atoms with van der Waals surface area (Å²) in [5.41, 5.74) is 2.11.